The lowest BCUT2D eigenvalue weighted by atomic mass is 10.0. The van der Waals surface area contributed by atoms with Crippen LogP contribution in [0.4, 0.5) is 0 Å². The molecule has 7 nitrogen and oxygen atoms in total. The van der Waals surface area contributed by atoms with Gasteiger partial charge in [0.2, 0.25) is 0 Å². The third-order valence-corrected chi connectivity index (χ3v) is 2.63. The zero-order valence-corrected chi connectivity index (χ0v) is 10.6. The summed E-state index contributed by atoms with van der Waals surface area (Å²) in [6.45, 7) is -0.116. The summed E-state index contributed by atoms with van der Waals surface area (Å²) in [5.41, 5.74) is 0. The van der Waals surface area contributed by atoms with Crippen molar-refractivity contribution in [2.24, 2.45) is 0 Å². The number of aliphatic hydroxyl groups excluding tert-OH is 1. The molecule has 9 heteroatoms. The molecule has 0 rings (SSSR count). The highest BCUT2D eigenvalue weighted by molar-refractivity contribution is 7.47. The second-order valence-corrected chi connectivity index (χ2v) is 4.71. The lowest BCUT2D eigenvalue weighted by Gasteiger charge is -2.21. The van der Waals surface area contributed by atoms with E-state index in [0.717, 1.165) is 7.11 Å². The first kappa shape index (κ1) is 16.1. The molecule has 1 unspecified atom stereocenters. The number of methoxy groups -OCH3 is 1. The largest absolute Gasteiger partial charge is 0.472 e. The molecule has 0 aromatic rings. The molecule has 0 aromatic heterocycles. The van der Waals surface area contributed by atoms with Crippen LogP contribution in [0.15, 0.2) is 0 Å². The van der Waals surface area contributed by atoms with Gasteiger partial charge in [0, 0.05) is 20.2 Å². The molecule has 0 heterocycles. The molecule has 0 spiro atoms. The fraction of sp³-hybridized carbons (Fsp3) is 1.00. The maximum Gasteiger partial charge on any atom is 0.472 e. The molecule has 0 radical (unpaired) electrons. The summed E-state index contributed by atoms with van der Waals surface area (Å²) in [5.74, 6) is 0. The number of aliphatic hydroxyl groups is 1. The van der Waals surface area contributed by atoms with E-state index in [9.17, 15) is 4.57 Å². The standard InChI is InChI=1S/C7H18BO7P/c1-12-4-6(15-7(8)3-9)5-14-16(10,11)13-2/h6-7,9H,3-5,8H2,1-2H3,(H,10,11)/t6-,7-/m1/s1. The maximum absolute atomic E-state index is 11.0. The second-order valence-electron chi connectivity index (χ2n) is 3.15. The van der Waals surface area contributed by atoms with E-state index in [-0.39, 0.29) is 19.8 Å². The van der Waals surface area contributed by atoms with Crippen LogP contribution in [0.3, 0.4) is 0 Å². The van der Waals surface area contributed by atoms with Crippen LogP contribution in [0.25, 0.3) is 0 Å². The van der Waals surface area contributed by atoms with Crippen molar-refractivity contribution in [1.82, 2.24) is 0 Å². The highest BCUT2D eigenvalue weighted by Crippen LogP contribution is 2.41. The summed E-state index contributed by atoms with van der Waals surface area (Å²) in [6, 6.07) is -0.399. The predicted molar refractivity (Wildman–Crippen MR) is 59.0 cm³/mol. The molecule has 16 heavy (non-hydrogen) atoms. The van der Waals surface area contributed by atoms with Gasteiger partial charge in [-0.2, -0.15) is 0 Å². The van der Waals surface area contributed by atoms with Crippen LogP contribution >= 0.6 is 7.82 Å². The molecular formula is C7H18BO7P. The summed E-state index contributed by atoms with van der Waals surface area (Å²) < 4.78 is 30.0. The Kier molecular flexibility index (Phi) is 8.22. The monoisotopic (exact) mass is 256 g/mol. The van der Waals surface area contributed by atoms with Crippen LogP contribution < -0.4 is 0 Å². The third kappa shape index (κ3) is 7.35. The molecule has 0 saturated heterocycles. The van der Waals surface area contributed by atoms with E-state index in [0.29, 0.717) is 0 Å². The molecule has 0 aliphatic carbocycles. The van der Waals surface area contributed by atoms with Crippen molar-refractivity contribution in [3.05, 3.63) is 0 Å². The van der Waals surface area contributed by atoms with Crippen molar-refractivity contribution >= 4 is 15.7 Å². The van der Waals surface area contributed by atoms with Crippen LogP contribution in [0.5, 0.6) is 0 Å². The summed E-state index contributed by atoms with van der Waals surface area (Å²) >= 11 is 0. The normalized spacial score (nSPS) is 19.0. The van der Waals surface area contributed by atoms with Gasteiger partial charge >= 0.3 is 7.82 Å². The average molecular weight is 256 g/mol. The minimum absolute atomic E-state index is 0.152. The molecule has 96 valence electrons. The van der Waals surface area contributed by atoms with Gasteiger partial charge in [-0.25, -0.2) is 4.57 Å². The van der Waals surface area contributed by atoms with Gasteiger partial charge in [-0.15, -0.1) is 0 Å². The van der Waals surface area contributed by atoms with Crippen molar-refractivity contribution in [2.45, 2.75) is 12.1 Å². The van der Waals surface area contributed by atoms with E-state index in [2.05, 4.69) is 9.05 Å². The van der Waals surface area contributed by atoms with Crippen LogP contribution in [0.2, 0.25) is 0 Å². The Balaban J connectivity index is 4.07. The van der Waals surface area contributed by atoms with E-state index >= 15 is 0 Å². The minimum Gasteiger partial charge on any atom is -0.394 e. The van der Waals surface area contributed by atoms with E-state index < -0.39 is 19.9 Å². The first-order chi connectivity index (χ1) is 7.45. The Morgan fingerprint density at radius 1 is 1.38 bits per heavy atom. The zero-order valence-electron chi connectivity index (χ0n) is 9.66. The van der Waals surface area contributed by atoms with Crippen molar-refractivity contribution < 1.29 is 33.1 Å². The lowest BCUT2D eigenvalue weighted by Crippen LogP contribution is -2.32. The van der Waals surface area contributed by atoms with Crippen molar-refractivity contribution in [3.8, 4) is 0 Å². The number of ether oxygens (including phenoxy) is 2. The van der Waals surface area contributed by atoms with Gasteiger partial charge in [0.1, 0.15) is 14.0 Å². The fourth-order valence-corrected chi connectivity index (χ4v) is 1.37. The van der Waals surface area contributed by atoms with Crippen molar-refractivity contribution in [1.29, 1.82) is 0 Å². The minimum atomic E-state index is -4.00. The van der Waals surface area contributed by atoms with Crippen LogP contribution in [-0.2, 0) is 23.1 Å². The Bertz CT molecular complexity index is 227. The molecule has 2 N–H and O–H groups in total. The molecule has 0 aromatic carbocycles. The van der Waals surface area contributed by atoms with E-state index in [4.69, 9.17) is 19.5 Å². The Morgan fingerprint density at radius 3 is 2.44 bits per heavy atom. The smallest absolute Gasteiger partial charge is 0.394 e. The first-order valence-electron chi connectivity index (χ1n) is 4.73. The second kappa shape index (κ2) is 8.19. The van der Waals surface area contributed by atoms with Crippen molar-refractivity contribution in [2.75, 3.05) is 34.0 Å². The Morgan fingerprint density at radius 2 is 2.00 bits per heavy atom. The fourth-order valence-electron chi connectivity index (χ4n) is 0.914. The molecule has 0 fully saturated rings. The van der Waals surface area contributed by atoms with Gasteiger partial charge in [-0.05, 0) is 0 Å². The molecule has 0 amide bonds. The van der Waals surface area contributed by atoms with Crippen LogP contribution in [0.1, 0.15) is 0 Å². The highest BCUT2D eigenvalue weighted by Gasteiger charge is 2.22. The van der Waals surface area contributed by atoms with E-state index in [1.54, 1.807) is 7.85 Å². The summed E-state index contributed by atoms with van der Waals surface area (Å²) in [6.07, 6.45) is -0.539. The summed E-state index contributed by atoms with van der Waals surface area (Å²) in [7, 11) is 0.203. The Labute approximate surface area is 95.7 Å². The quantitative estimate of drug-likeness (QED) is 0.392. The summed E-state index contributed by atoms with van der Waals surface area (Å²) in [5, 5.41) is 8.79. The number of phosphoric ester groups is 1. The predicted octanol–water partition coefficient (Wildman–Crippen LogP) is -1.27. The van der Waals surface area contributed by atoms with E-state index in [1.165, 1.54) is 7.11 Å². The molecule has 0 aliphatic rings. The summed E-state index contributed by atoms with van der Waals surface area (Å²) in [4.78, 5) is 9.00. The third-order valence-electron chi connectivity index (χ3n) is 1.69. The van der Waals surface area contributed by atoms with Gasteiger partial charge in [0.05, 0.1) is 19.8 Å². The number of phosphoric acid groups is 1. The highest BCUT2D eigenvalue weighted by atomic mass is 31.2. The number of hydrogen-bond acceptors (Lipinski definition) is 6. The zero-order chi connectivity index (χ0) is 12.6. The molecule has 0 saturated carbocycles. The molecule has 0 bridgehead atoms. The van der Waals surface area contributed by atoms with E-state index in [1.807, 2.05) is 0 Å². The Hall–Kier alpha value is 0.0549. The van der Waals surface area contributed by atoms with Gasteiger partial charge < -0.3 is 19.5 Å². The van der Waals surface area contributed by atoms with Gasteiger partial charge in [-0.1, -0.05) is 0 Å². The lowest BCUT2D eigenvalue weighted by molar-refractivity contribution is -0.0567. The SMILES string of the molecule is B[C@@H](CO)O[C@H](COC)COP(=O)(O)OC. The molecule has 0 aliphatic heterocycles. The topological polar surface area (TPSA) is 94.5 Å². The molecular weight excluding hydrogens is 238 g/mol. The van der Waals surface area contributed by atoms with Crippen LogP contribution in [0, 0.1) is 0 Å². The van der Waals surface area contributed by atoms with Gasteiger partial charge in [0.25, 0.3) is 0 Å². The van der Waals surface area contributed by atoms with Gasteiger partial charge in [-0.3, -0.25) is 9.05 Å². The number of rotatable bonds is 9. The first-order valence-corrected chi connectivity index (χ1v) is 6.23. The molecule has 3 atom stereocenters. The van der Waals surface area contributed by atoms with Gasteiger partial charge in [0.15, 0.2) is 0 Å². The maximum atomic E-state index is 11.0. The van der Waals surface area contributed by atoms with Crippen molar-refractivity contribution in [3.63, 3.8) is 0 Å². The number of hydrogen-bond donors (Lipinski definition) is 2. The average Bonchev–Trinajstić information content (AvgIpc) is 2.26. The van der Waals surface area contributed by atoms with Crippen LogP contribution in [-0.4, -0.2) is 64.0 Å².